The maximum Gasteiger partial charge on any atom is 0.0820 e. The van der Waals surface area contributed by atoms with E-state index in [4.69, 9.17) is 16.3 Å². The minimum atomic E-state index is 0.343. The highest BCUT2D eigenvalue weighted by molar-refractivity contribution is 6.33. The average molecular weight is 267 g/mol. The van der Waals surface area contributed by atoms with Gasteiger partial charge in [-0.1, -0.05) is 11.6 Å². The van der Waals surface area contributed by atoms with Gasteiger partial charge in [-0.2, -0.15) is 0 Å². The lowest BCUT2D eigenvalue weighted by atomic mass is 9.98. The zero-order valence-corrected chi connectivity index (χ0v) is 11.2. The third-order valence-corrected chi connectivity index (χ3v) is 4.14. The van der Waals surface area contributed by atoms with E-state index in [1.807, 2.05) is 6.07 Å². The van der Waals surface area contributed by atoms with E-state index in [-0.39, 0.29) is 0 Å². The largest absolute Gasteiger partial charge is 0.378 e. The normalized spacial score (nSPS) is 25.7. The van der Waals surface area contributed by atoms with Crippen LogP contribution in [0.1, 0.15) is 32.1 Å². The second-order valence-corrected chi connectivity index (χ2v) is 5.68. The first kappa shape index (κ1) is 12.2. The van der Waals surface area contributed by atoms with Crippen molar-refractivity contribution in [3.05, 3.63) is 23.5 Å². The number of anilines is 1. The highest BCUT2D eigenvalue weighted by Gasteiger charge is 2.38. The Morgan fingerprint density at radius 3 is 2.89 bits per heavy atom. The van der Waals surface area contributed by atoms with Gasteiger partial charge in [0, 0.05) is 19.0 Å². The highest BCUT2D eigenvalue weighted by Crippen LogP contribution is 2.39. The Kier molecular flexibility index (Phi) is 3.71. The maximum absolute atomic E-state index is 6.17. The molecule has 2 aliphatic rings. The van der Waals surface area contributed by atoms with Crippen LogP contribution < -0.4 is 5.32 Å². The maximum atomic E-state index is 6.17. The van der Waals surface area contributed by atoms with Crippen molar-refractivity contribution in [1.82, 2.24) is 4.98 Å². The van der Waals surface area contributed by atoms with Crippen LogP contribution in [0.2, 0.25) is 5.02 Å². The molecule has 2 atom stereocenters. The zero-order valence-electron chi connectivity index (χ0n) is 10.4. The lowest BCUT2D eigenvalue weighted by Crippen LogP contribution is -2.39. The van der Waals surface area contributed by atoms with Crippen LogP contribution in [0.4, 0.5) is 5.69 Å². The predicted octanol–water partition coefficient (Wildman–Crippen LogP) is 3.49. The van der Waals surface area contributed by atoms with E-state index >= 15 is 0 Å². The first-order chi connectivity index (χ1) is 8.84. The minimum Gasteiger partial charge on any atom is -0.378 e. The Bertz CT molecular complexity index is 403. The van der Waals surface area contributed by atoms with Gasteiger partial charge in [0.2, 0.25) is 0 Å². The summed E-state index contributed by atoms with van der Waals surface area (Å²) in [7, 11) is 0. The number of hydrogen-bond donors (Lipinski definition) is 1. The van der Waals surface area contributed by atoms with Crippen LogP contribution in [0.3, 0.4) is 0 Å². The minimum absolute atomic E-state index is 0.343. The molecule has 1 N–H and O–H groups in total. The van der Waals surface area contributed by atoms with E-state index in [1.165, 1.54) is 25.7 Å². The summed E-state index contributed by atoms with van der Waals surface area (Å²) < 4.78 is 5.93. The predicted molar refractivity (Wildman–Crippen MR) is 73.0 cm³/mol. The lowest BCUT2D eigenvalue weighted by Gasteiger charge is -2.32. The van der Waals surface area contributed by atoms with Gasteiger partial charge in [0.15, 0.2) is 0 Å². The standard InChI is InChI=1S/C14H19ClN2O/c15-11-9-16-7-6-12(11)17-14(10-4-5-10)13-3-1-2-8-18-13/h6-7,9-10,13-14H,1-5,8H2,(H,16,17). The number of hydrogen-bond acceptors (Lipinski definition) is 3. The molecule has 1 saturated carbocycles. The number of aromatic nitrogens is 1. The molecule has 1 aliphatic carbocycles. The van der Waals surface area contributed by atoms with Crippen LogP contribution in [0.25, 0.3) is 0 Å². The van der Waals surface area contributed by atoms with Crippen molar-refractivity contribution in [1.29, 1.82) is 0 Å². The van der Waals surface area contributed by atoms with E-state index in [0.29, 0.717) is 17.2 Å². The molecule has 1 saturated heterocycles. The van der Waals surface area contributed by atoms with Crippen LogP contribution in [0.15, 0.2) is 18.5 Å². The van der Waals surface area contributed by atoms with Crippen LogP contribution in [0, 0.1) is 5.92 Å². The van der Waals surface area contributed by atoms with Crippen molar-refractivity contribution in [2.24, 2.45) is 5.92 Å². The number of pyridine rings is 1. The van der Waals surface area contributed by atoms with Gasteiger partial charge < -0.3 is 10.1 Å². The van der Waals surface area contributed by atoms with Crippen molar-refractivity contribution >= 4 is 17.3 Å². The number of nitrogens with one attached hydrogen (secondary N) is 1. The van der Waals surface area contributed by atoms with E-state index in [9.17, 15) is 0 Å². The molecule has 0 bridgehead atoms. The number of halogens is 1. The molecule has 1 aromatic rings. The van der Waals surface area contributed by atoms with Crippen molar-refractivity contribution in [3.8, 4) is 0 Å². The summed E-state index contributed by atoms with van der Waals surface area (Å²) >= 11 is 6.17. The third-order valence-electron chi connectivity index (χ3n) is 3.84. The highest BCUT2D eigenvalue weighted by atomic mass is 35.5. The average Bonchev–Trinajstić information content (AvgIpc) is 3.23. The molecule has 18 heavy (non-hydrogen) atoms. The van der Waals surface area contributed by atoms with Crippen LogP contribution in [0.5, 0.6) is 0 Å². The Balaban J connectivity index is 1.72. The second kappa shape index (κ2) is 5.45. The summed E-state index contributed by atoms with van der Waals surface area (Å²) in [6.45, 7) is 0.902. The summed E-state index contributed by atoms with van der Waals surface area (Å²) in [6, 6.07) is 2.35. The molecule has 1 aromatic heterocycles. The monoisotopic (exact) mass is 266 g/mol. The summed E-state index contributed by atoms with van der Waals surface area (Å²) in [6.07, 6.45) is 10.1. The fraction of sp³-hybridized carbons (Fsp3) is 0.643. The molecular weight excluding hydrogens is 248 g/mol. The molecule has 3 nitrogen and oxygen atoms in total. The first-order valence-electron chi connectivity index (χ1n) is 6.82. The van der Waals surface area contributed by atoms with Gasteiger partial charge in [-0.3, -0.25) is 4.98 Å². The van der Waals surface area contributed by atoms with Crippen molar-refractivity contribution in [3.63, 3.8) is 0 Å². The van der Waals surface area contributed by atoms with Crippen LogP contribution >= 0.6 is 11.6 Å². The van der Waals surface area contributed by atoms with E-state index < -0.39 is 0 Å². The SMILES string of the molecule is Clc1cnccc1NC(C1CC1)C1CCCCO1. The third kappa shape index (κ3) is 2.78. The molecule has 0 spiro atoms. The Morgan fingerprint density at radius 2 is 2.22 bits per heavy atom. The smallest absolute Gasteiger partial charge is 0.0820 e. The van der Waals surface area contributed by atoms with Gasteiger partial charge in [-0.25, -0.2) is 0 Å². The number of rotatable bonds is 4. The summed E-state index contributed by atoms with van der Waals surface area (Å²) in [5.74, 6) is 0.748. The van der Waals surface area contributed by atoms with Gasteiger partial charge in [0.25, 0.3) is 0 Å². The Morgan fingerprint density at radius 1 is 1.33 bits per heavy atom. The van der Waals surface area contributed by atoms with Gasteiger partial charge in [-0.15, -0.1) is 0 Å². The topological polar surface area (TPSA) is 34.2 Å². The number of nitrogens with zero attached hydrogens (tertiary/aromatic N) is 1. The van der Waals surface area contributed by atoms with Crippen molar-refractivity contribution in [2.75, 3.05) is 11.9 Å². The molecule has 0 amide bonds. The quantitative estimate of drug-likeness (QED) is 0.906. The van der Waals surface area contributed by atoms with Gasteiger partial charge in [0.05, 0.1) is 22.9 Å². The molecule has 4 heteroatoms. The molecule has 2 unspecified atom stereocenters. The van der Waals surface area contributed by atoms with Crippen LogP contribution in [-0.4, -0.2) is 23.7 Å². The molecule has 3 rings (SSSR count). The van der Waals surface area contributed by atoms with Crippen molar-refractivity contribution in [2.45, 2.75) is 44.2 Å². The molecule has 0 aromatic carbocycles. The zero-order chi connectivity index (χ0) is 12.4. The number of ether oxygens (including phenoxy) is 1. The molecule has 0 radical (unpaired) electrons. The fourth-order valence-corrected chi connectivity index (χ4v) is 2.86. The fourth-order valence-electron chi connectivity index (χ4n) is 2.69. The first-order valence-corrected chi connectivity index (χ1v) is 7.20. The van der Waals surface area contributed by atoms with Gasteiger partial charge in [-0.05, 0) is 44.1 Å². The van der Waals surface area contributed by atoms with E-state index in [0.717, 1.165) is 24.6 Å². The summed E-state index contributed by atoms with van der Waals surface area (Å²) in [5.41, 5.74) is 0.984. The molecular formula is C14H19ClN2O. The summed E-state index contributed by atoms with van der Waals surface area (Å²) in [4.78, 5) is 4.02. The lowest BCUT2D eigenvalue weighted by molar-refractivity contribution is 0.000698. The Hall–Kier alpha value is -0.800. The van der Waals surface area contributed by atoms with Crippen molar-refractivity contribution < 1.29 is 4.74 Å². The van der Waals surface area contributed by atoms with E-state index in [2.05, 4.69) is 10.3 Å². The van der Waals surface area contributed by atoms with Crippen LogP contribution in [-0.2, 0) is 4.74 Å². The molecule has 2 heterocycles. The molecule has 1 aliphatic heterocycles. The molecule has 98 valence electrons. The van der Waals surface area contributed by atoms with Gasteiger partial charge in [0.1, 0.15) is 0 Å². The second-order valence-electron chi connectivity index (χ2n) is 5.27. The Labute approximate surface area is 113 Å². The van der Waals surface area contributed by atoms with E-state index in [1.54, 1.807) is 12.4 Å². The summed E-state index contributed by atoms with van der Waals surface area (Å²) in [5, 5.41) is 4.28. The van der Waals surface area contributed by atoms with Gasteiger partial charge >= 0.3 is 0 Å². The molecule has 2 fully saturated rings.